The van der Waals surface area contributed by atoms with Crippen molar-refractivity contribution in [2.45, 2.75) is 13.0 Å². The van der Waals surface area contributed by atoms with Gasteiger partial charge in [-0.25, -0.2) is 5.43 Å². The molecule has 0 saturated heterocycles. The molecule has 3 aromatic rings. The van der Waals surface area contributed by atoms with Crippen molar-refractivity contribution < 1.29 is 18.9 Å². The van der Waals surface area contributed by atoms with Crippen LogP contribution in [0.5, 0.6) is 0 Å². The molecule has 0 fully saturated rings. The highest BCUT2D eigenvalue weighted by Gasteiger charge is 2.16. The summed E-state index contributed by atoms with van der Waals surface area (Å²) in [4.78, 5) is 34.3. The number of nitro benzene ring substituents is 1. The van der Waals surface area contributed by atoms with Gasteiger partial charge in [-0.15, -0.1) is 0 Å². The van der Waals surface area contributed by atoms with Crippen molar-refractivity contribution in [1.82, 2.24) is 10.7 Å². The van der Waals surface area contributed by atoms with Crippen LogP contribution in [0, 0.1) is 10.1 Å². The van der Waals surface area contributed by atoms with E-state index in [0.29, 0.717) is 17.1 Å². The summed E-state index contributed by atoms with van der Waals surface area (Å²) >= 11 is 0. The topological polar surface area (TPSA) is 127 Å². The van der Waals surface area contributed by atoms with Crippen molar-refractivity contribution in [3.05, 3.63) is 88.2 Å². The molecule has 0 aliphatic rings. The third kappa shape index (κ3) is 5.16. The lowest BCUT2D eigenvalue weighted by Gasteiger charge is -2.13. The zero-order valence-electron chi connectivity index (χ0n) is 15.9. The number of hydrazone groups is 1. The van der Waals surface area contributed by atoms with Crippen molar-refractivity contribution >= 4 is 23.7 Å². The summed E-state index contributed by atoms with van der Waals surface area (Å²) in [6.45, 7) is 1.77. The molecule has 0 saturated carbocycles. The Bertz CT molecular complexity index is 1090. The van der Waals surface area contributed by atoms with E-state index in [1.54, 1.807) is 31.2 Å². The Balaban J connectivity index is 1.56. The number of benzene rings is 2. The molecule has 0 spiro atoms. The number of nitrogens with zero attached hydrogens (tertiary/aromatic N) is 2. The first-order valence-corrected chi connectivity index (χ1v) is 8.97. The molecule has 2 aromatic carbocycles. The minimum atomic E-state index is -0.917. The van der Waals surface area contributed by atoms with Gasteiger partial charge < -0.3 is 9.73 Å². The van der Waals surface area contributed by atoms with Crippen LogP contribution in [0.2, 0.25) is 0 Å². The fraction of sp³-hybridized carbons (Fsp3) is 0.0952. The summed E-state index contributed by atoms with van der Waals surface area (Å²) in [7, 11) is 0. The Morgan fingerprint density at radius 2 is 1.83 bits per heavy atom. The molecule has 0 radical (unpaired) electrons. The second kappa shape index (κ2) is 9.28. The monoisotopic (exact) mass is 406 g/mol. The molecular formula is C21H18N4O5. The molecule has 9 heteroatoms. The molecule has 1 heterocycles. The van der Waals surface area contributed by atoms with Crippen LogP contribution in [0.25, 0.3) is 11.3 Å². The van der Waals surface area contributed by atoms with E-state index < -0.39 is 16.7 Å². The maximum absolute atomic E-state index is 12.0. The summed E-state index contributed by atoms with van der Waals surface area (Å²) in [6.07, 6.45) is 1.23. The number of nitrogens with one attached hydrogen (secondary N) is 2. The van der Waals surface area contributed by atoms with Gasteiger partial charge in [-0.2, -0.15) is 5.10 Å². The standard InChI is InChI=1S/C21H18N4O5/c1-14(15-6-3-2-4-7-15)23-20(26)21(27)24-22-13-18-10-11-19(30-18)16-8-5-9-17(12-16)25(28)29/h2-14H,1H3,(H,23,26)(H,24,27)/b22-13+/t14-/m0/s1. The van der Waals surface area contributed by atoms with E-state index in [1.165, 1.54) is 18.3 Å². The molecular weight excluding hydrogens is 388 g/mol. The van der Waals surface area contributed by atoms with E-state index in [0.717, 1.165) is 5.56 Å². The number of nitro groups is 1. The summed E-state index contributed by atoms with van der Waals surface area (Å²) in [5.74, 6) is -1.03. The normalized spacial score (nSPS) is 11.8. The first-order valence-electron chi connectivity index (χ1n) is 8.97. The number of rotatable bonds is 6. The van der Waals surface area contributed by atoms with Crippen LogP contribution in [0.3, 0.4) is 0 Å². The maximum Gasteiger partial charge on any atom is 0.329 e. The van der Waals surface area contributed by atoms with Gasteiger partial charge >= 0.3 is 11.8 Å². The fourth-order valence-electron chi connectivity index (χ4n) is 2.64. The lowest BCUT2D eigenvalue weighted by molar-refractivity contribution is -0.384. The quantitative estimate of drug-likeness (QED) is 0.281. The van der Waals surface area contributed by atoms with Gasteiger partial charge in [-0.05, 0) is 24.6 Å². The number of hydrogen-bond donors (Lipinski definition) is 2. The minimum Gasteiger partial charge on any atom is -0.455 e. The molecule has 0 unspecified atom stereocenters. The fourth-order valence-corrected chi connectivity index (χ4v) is 2.64. The van der Waals surface area contributed by atoms with Crippen molar-refractivity contribution in [2.75, 3.05) is 0 Å². The molecule has 2 N–H and O–H groups in total. The number of non-ortho nitro benzene ring substituents is 1. The summed E-state index contributed by atoms with van der Waals surface area (Å²) in [6, 6.07) is 18.1. The smallest absolute Gasteiger partial charge is 0.329 e. The van der Waals surface area contributed by atoms with Crippen LogP contribution < -0.4 is 10.7 Å². The number of carbonyl (C=O) groups is 2. The van der Waals surface area contributed by atoms with E-state index >= 15 is 0 Å². The van der Waals surface area contributed by atoms with Crippen molar-refractivity contribution in [1.29, 1.82) is 0 Å². The van der Waals surface area contributed by atoms with Gasteiger partial charge in [0.2, 0.25) is 0 Å². The van der Waals surface area contributed by atoms with Gasteiger partial charge in [-0.3, -0.25) is 19.7 Å². The molecule has 0 aliphatic carbocycles. The van der Waals surface area contributed by atoms with Gasteiger partial charge in [0, 0.05) is 17.7 Å². The van der Waals surface area contributed by atoms with Gasteiger partial charge in [0.1, 0.15) is 11.5 Å². The van der Waals surface area contributed by atoms with Gasteiger partial charge in [0.05, 0.1) is 17.2 Å². The Kier molecular flexibility index (Phi) is 6.33. The summed E-state index contributed by atoms with van der Waals surface area (Å²) < 4.78 is 5.55. The van der Waals surface area contributed by atoms with Crippen LogP contribution in [0.4, 0.5) is 5.69 Å². The summed E-state index contributed by atoms with van der Waals surface area (Å²) in [5.41, 5.74) is 3.47. The van der Waals surface area contributed by atoms with Crippen LogP contribution in [-0.4, -0.2) is 23.0 Å². The average Bonchev–Trinajstić information content (AvgIpc) is 3.23. The van der Waals surface area contributed by atoms with Crippen molar-refractivity contribution in [2.24, 2.45) is 5.10 Å². The molecule has 2 amide bonds. The number of amides is 2. The lowest BCUT2D eigenvalue weighted by atomic mass is 10.1. The maximum atomic E-state index is 12.0. The third-order valence-electron chi connectivity index (χ3n) is 4.18. The zero-order chi connectivity index (χ0) is 21.5. The van der Waals surface area contributed by atoms with Crippen LogP contribution >= 0.6 is 0 Å². The van der Waals surface area contributed by atoms with E-state index in [1.807, 2.05) is 30.3 Å². The SMILES string of the molecule is C[C@H](NC(=O)C(=O)N/N=C/c1ccc(-c2cccc([N+](=O)[O-])c2)o1)c1ccccc1. The highest BCUT2D eigenvalue weighted by molar-refractivity contribution is 6.35. The Morgan fingerprint density at radius 3 is 2.57 bits per heavy atom. The van der Waals surface area contributed by atoms with E-state index in [2.05, 4.69) is 15.8 Å². The molecule has 9 nitrogen and oxygen atoms in total. The van der Waals surface area contributed by atoms with Gasteiger partial charge in [0.15, 0.2) is 0 Å². The zero-order valence-corrected chi connectivity index (χ0v) is 15.9. The first-order chi connectivity index (χ1) is 14.4. The lowest BCUT2D eigenvalue weighted by Crippen LogP contribution is -2.39. The van der Waals surface area contributed by atoms with Gasteiger partial charge in [0.25, 0.3) is 5.69 Å². The van der Waals surface area contributed by atoms with Crippen LogP contribution in [0.1, 0.15) is 24.3 Å². The number of furan rings is 1. The highest BCUT2D eigenvalue weighted by atomic mass is 16.6. The van der Waals surface area contributed by atoms with Gasteiger partial charge in [-0.1, -0.05) is 42.5 Å². The van der Waals surface area contributed by atoms with Crippen molar-refractivity contribution in [3.8, 4) is 11.3 Å². The number of hydrogen-bond acceptors (Lipinski definition) is 6. The largest absolute Gasteiger partial charge is 0.455 e. The predicted octanol–water partition coefficient (Wildman–Crippen LogP) is 3.18. The molecule has 1 atom stereocenters. The Morgan fingerprint density at radius 1 is 1.07 bits per heavy atom. The molecule has 3 rings (SSSR count). The van der Waals surface area contributed by atoms with E-state index in [-0.39, 0.29) is 11.7 Å². The summed E-state index contributed by atoms with van der Waals surface area (Å²) in [5, 5.41) is 17.2. The first kappa shape index (κ1) is 20.5. The second-order valence-electron chi connectivity index (χ2n) is 6.31. The molecule has 0 bridgehead atoms. The third-order valence-corrected chi connectivity index (χ3v) is 4.18. The molecule has 30 heavy (non-hydrogen) atoms. The predicted molar refractivity (Wildman–Crippen MR) is 110 cm³/mol. The second-order valence-corrected chi connectivity index (χ2v) is 6.31. The van der Waals surface area contributed by atoms with Crippen LogP contribution in [0.15, 0.2) is 76.2 Å². The van der Waals surface area contributed by atoms with E-state index in [4.69, 9.17) is 4.42 Å². The van der Waals surface area contributed by atoms with Crippen LogP contribution in [-0.2, 0) is 9.59 Å². The minimum absolute atomic E-state index is 0.0536. The molecule has 1 aromatic heterocycles. The van der Waals surface area contributed by atoms with E-state index in [9.17, 15) is 19.7 Å². The average molecular weight is 406 g/mol. The molecule has 152 valence electrons. The highest BCUT2D eigenvalue weighted by Crippen LogP contribution is 2.25. The number of carbonyl (C=O) groups excluding carboxylic acids is 2. The van der Waals surface area contributed by atoms with Crippen molar-refractivity contribution in [3.63, 3.8) is 0 Å². The Labute approximate surface area is 171 Å². The molecule has 0 aliphatic heterocycles. The Hall–Kier alpha value is -4.27.